The summed E-state index contributed by atoms with van der Waals surface area (Å²) < 4.78 is 0.964. The highest BCUT2D eigenvalue weighted by Gasteiger charge is 1.98. The first-order valence-corrected chi connectivity index (χ1v) is 9.05. The molecule has 1 nitrogen and oxygen atoms in total. The van der Waals surface area contributed by atoms with E-state index in [4.69, 9.17) is 11.6 Å². The van der Waals surface area contributed by atoms with Gasteiger partial charge in [-0.1, -0.05) is 69.5 Å². The molecule has 0 saturated heterocycles. The van der Waals surface area contributed by atoms with E-state index >= 15 is 0 Å². The molecule has 0 radical (unpaired) electrons. The lowest BCUT2D eigenvalue weighted by molar-refractivity contribution is 0.555. The molecule has 1 aromatic rings. The monoisotopic (exact) mass is 359 g/mol. The van der Waals surface area contributed by atoms with E-state index in [1.165, 1.54) is 56.9 Å². The van der Waals surface area contributed by atoms with Gasteiger partial charge in [0, 0.05) is 11.0 Å². The molecule has 0 aliphatic rings. The largest absolute Gasteiger partial charge is 0.313 e. The van der Waals surface area contributed by atoms with Crippen molar-refractivity contribution in [2.75, 3.05) is 6.54 Å². The van der Waals surface area contributed by atoms with Crippen LogP contribution in [0.3, 0.4) is 0 Å². The summed E-state index contributed by atoms with van der Waals surface area (Å²) in [6.07, 6.45) is 11.0. The molecule has 0 amide bonds. The normalized spacial score (nSPS) is 10.9. The minimum absolute atomic E-state index is 0.788. The second kappa shape index (κ2) is 11.6. The third-order valence-corrected chi connectivity index (χ3v) is 4.75. The molecule has 114 valence electrons. The van der Waals surface area contributed by atoms with Crippen molar-refractivity contribution in [2.45, 2.75) is 64.8 Å². The number of hydrogen-bond donors (Lipinski definition) is 1. The fourth-order valence-corrected chi connectivity index (χ4v) is 2.72. The van der Waals surface area contributed by atoms with Gasteiger partial charge >= 0.3 is 0 Å². The van der Waals surface area contributed by atoms with Crippen LogP contribution in [0.4, 0.5) is 0 Å². The zero-order chi connectivity index (χ0) is 14.6. The molecule has 0 unspecified atom stereocenters. The fraction of sp³-hybridized carbons (Fsp3) is 0.647. The Kier molecular flexibility index (Phi) is 10.4. The highest BCUT2D eigenvalue weighted by Crippen LogP contribution is 2.23. The van der Waals surface area contributed by atoms with Crippen molar-refractivity contribution in [1.82, 2.24) is 5.32 Å². The van der Waals surface area contributed by atoms with Crippen molar-refractivity contribution in [3.05, 3.63) is 33.3 Å². The standard InChI is InChI=1S/C17H27BrClN/c1-2-3-4-5-6-7-8-9-12-20-14-15-10-11-16(18)17(19)13-15/h10-11,13,20H,2-9,12,14H2,1H3. The molecular formula is C17H27BrClN. The zero-order valence-corrected chi connectivity index (χ0v) is 14.9. The Morgan fingerprint density at radius 1 is 1.00 bits per heavy atom. The Balaban J connectivity index is 1.95. The van der Waals surface area contributed by atoms with E-state index < -0.39 is 0 Å². The number of halogens is 2. The SMILES string of the molecule is CCCCCCCCCCNCc1ccc(Br)c(Cl)c1. The molecule has 0 saturated carbocycles. The Morgan fingerprint density at radius 2 is 1.65 bits per heavy atom. The van der Waals surface area contributed by atoms with Gasteiger partial charge in [0.1, 0.15) is 0 Å². The number of nitrogens with one attached hydrogen (secondary N) is 1. The minimum Gasteiger partial charge on any atom is -0.313 e. The van der Waals surface area contributed by atoms with Crippen LogP contribution in [0.5, 0.6) is 0 Å². The van der Waals surface area contributed by atoms with Crippen LogP contribution < -0.4 is 5.32 Å². The second-order valence-corrected chi connectivity index (χ2v) is 6.66. The van der Waals surface area contributed by atoms with E-state index in [9.17, 15) is 0 Å². The van der Waals surface area contributed by atoms with Crippen LogP contribution in [-0.2, 0) is 6.54 Å². The van der Waals surface area contributed by atoms with Gasteiger partial charge in [-0.05, 0) is 46.6 Å². The Hall–Kier alpha value is -0.0500. The molecule has 0 aliphatic heterocycles. The van der Waals surface area contributed by atoms with Crippen molar-refractivity contribution in [2.24, 2.45) is 0 Å². The lowest BCUT2D eigenvalue weighted by Crippen LogP contribution is -2.14. The average molecular weight is 361 g/mol. The summed E-state index contributed by atoms with van der Waals surface area (Å²) in [6.45, 7) is 4.27. The summed E-state index contributed by atoms with van der Waals surface area (Å²) in [4.78, 5) is 0. The molecule has 0 fully saturated rings. The van der Waals surface area contributed by atoms with E-state index in [0.29, 0.717) is 0 Å². The van der Waals surface area contributed by atoms with Gasteiger partial charge < -0.3 is 5.32 Å². The van der Waals surface area contributed by atoms with E-state index in [1.807, 2.05) is 12.1 Å². The van der Waals surface area contributed by atoms with Crippen molar-refractivity contribution >= 4 is 27.5 Å². The predicted octanol–water partition coefficient (Wildman–Crippen LogP) is 6.33. The molecule has 1 rings (SSSR count). The van der Waals surface area contributed by atoms with E-state index in [0.717, 1.165) is 22.6 Å². The highest BCUT2D eigenvalue weighted by atomic mass is 79.9. The van der Waals surface area contributed by atoms with E-state index in [1.54, 1.807) is 0 Å². The van der Waals surface area contributed by atoms with Crippen molar-refractivity contribution in [3.8, 4) is 0 Å². The molecular weight excluding hydrogens is 334 g/mol. The van der Waals surface area contributed by atoms with Gasteiger partial charge in [0.25, 0.3) is 0 Å². The Bertz CT molecular complexity index is 368. The first-order chi connectivity index (χ1) is 9.74. The number of hydrogen-bond acceptors (Lipinski definition) is 1. The summed E-state index contributed by atoms with van der Waals surface area (Å²) in [5.41, 5.74) is 1.25. The summed E-state index contributed by atoms with van der Waals surface area (Å²) in [5, 5.41) is 4.27. The van der Waals surface area contributed by atoms with Crippen molar-refractivity contribution in [3.63, 3.8) is 0 Å². The van der Waals surface area contributed by atoms with Gasteiger partial charge in [0.2, 0.25) is 0 Å². The maximum atomic E-state index is 6.07. The molecule has 0 heterocycles. The third kappa shape index (κ3) is 8.28. The fourth-order valence-electron chi connectivity index (χ4n) is 2.27. The molecule has 1 aromatic carbocycles. The quantitative estimate of drug-likeness (QED) is 0.454. The molecule has 0 bridgehead atoms. The smallest absolute Gasteiger partial charge is 0.0551 e. The lowest BCUT2D eigenvalue weighted by atomic mass is 10.1. The lowest BCUT2D eigenvalue weighted by Gasteiger charge is -2.06. The molecule has 0 spiro atoms. The topological polar surface area (TPSA) is 12.0 Å². The summed E-state index contributed by atoms with van der Waals surface area (Å²) in [7, 11) is 0. The number of benzene rings is 1. The molecule has 0 atom stereocenters. The van der Waals surface area contributed by atoms with Crippen molar-refractivity contribution < 1.29 is 0 Å². The van der Waals surface area contributed by atoms with Crippen LogP contribution in [-0.4, -0.2) is 6.54 Å². The van der Waals surface area contributed by atoms with Gasteiger partial charge in [-0.3, -0.25) is 0 Å². The first kappa shape index (κ1) is 18.0. The van der Waals surface area contributed by atoms with Crippen LogP contribution in [0.1, 0.15) is 63.9 Å². The Labute approximate surface area is 137 Å². The molecule has 20 heavy (non-hydrogen) atoms. The van der Waals surface area contributed by atoms with Crippen LogP contribution in [0.15, 0.2) is 22.7 Å². The molecule has 3 heteroatoms. The molecule has 0 aromatic heterocycles. The first-order valence-electron chi connectivity index (χ1n) is 7.88. The summed E-state index contributed by atoms with van der Waals surface area (Å²) >= 11 is 9.48. The predicted molar refractivity (Wildman–Crippen MR) is 93.5 cm³/mol. The highest BCUT2D eigenvalue weighted by molar-refractivity contribution is 9.10. The maximum absolute atomic E-state index is 6.07. The summed E-state index contributed by atoms with van der Waals surface area (Å²) in [5.74, 6) is 0. The van der Waals surface area contributed by atoms with Gasteiger partial charge in [0.15, 0.2) is 0 Å². The van der Waals surface area contributed by atoms with E-state index in [-0.39, 0.29) is 0 Å². The third-order valence-electron chi connectivity index (χ3n) is 3.52. The second-order valence-electron chi connectivity index (χ2n) is 5.40. The average Bonchev–Trinajstić information content (AvgIpc) is 2.45. The molecule has 0 aliphatic carbocycles. The maximum Gasteiger partial charge on any atom is 0.0551 e. The molecule has 1 N–H and O–H groups in total. The van der Waals surface area contributed by atoms with Crippen LogP contribution >= 0.6 is 27.5 Å². The van der Waals surface area contributed by atoms with Crippen LogP contribution in [0, 0.1) is 0 Å². The van der Waals surface area contributed by atoms with Crippen LogP contribution in [0.2, 0.25) is 5.02 Å². The van der Waals surface area contributed by atoms with Gasteiger partial charge in [-0.15, -0.1) is 0 Å². The van der Waals surface area contributed by atoms with E-state index in [2.05, 4.69) is 34.2 Å². The minimum atomic E-state index is 0.788. The van der Waals surface area contributed by atoms with Gasteiger partial charge in [-0.25, -0.2) is 0 Å². The van der Waals surface area contributed by atoms with Gasteiger partial charge in [-0.2, -0.15) is 0 Å². The number of unbranched alkanes of at least 4 members (excludes halogenated alkanes) is 7. The zero-order valence-electron chi connectivity index (χ0n) is 12.6. The number of rotatable bonds is 11. The van der Waals surface area contributed by atoms with Crippen LogP contribution in [0.25, 0.3) is 0 Å². The summed E-state index contributed by atoms with van der Waals surface area (Å²) in [6, 6.07) is 6.14. The van der Waals surface area contributed by atoms with Gasteiger partial charge in [0.05, 0.1) is 5.02 Å². The van der Waals surface area contributed by atoms with Crippen molar-refractivity contribution in [1.29, 1.82) is 0 Å². The Morgan fingerprint density at radius 3 is 2.30 bits per heavy atom.